The van der Waals surface area contributed by atoms with E-state index in [1.807, 2.05) is 4.90 Å². The lowest BCUT2D eigenvalue weighted by Crippen LogP contribution is -2.21. The molecule has 0 N–H and O–H groups in total. The van der Waals surface area contributed by atoms with Gasteiger partial charge < -0.3 is 4.90 Å². The molecule has 0 spiro atoms. The second-order valence-electron chi connectivity index (χ2n) is 4.61. The molecule has 0 atom stereocenters. The standard InChI is InChI=1S/C14H11BrFN3O/c15-9-1-2-12(16)11(7-9)13-3-4-14(18-17-13)19-6-5-10(20)8-19/h1-4,7H,5-6,8H2. The van der Waals surface area contributed by atoms with E-state index in [1.165, 1.54) is 6.07 Å². The maximum Gasteiger partial charge on any atom is 0.153 e. The highest BCUT2D eigenvalue weighted by Gasteiger charge is 2.21. The van der Waals surface area contributed by atoms with E-state index >= 15 is 0 Å². The zero-order chi connectivity index (χ0) is 14.1. The van der Waals surface area contributed by atoms with Crippen molar-refractivity contribution in [3.05, 3.63) is 40.6 Å². The molecule has 1 fully saturated rings. The van der Waals surface area contributed by atoms with E-state index in [4.69, 9.17) is 0 Å². The Morgan fingerprint density at radius 3 is 2.70 bits per heavy atom. The molecular weight excluding hydrogens is 325 g/mol. The van der Waals surface area contributed by atoms with Crippen LogP contribution in [0.15, 0.2) is 34.8 Å². The SMILES string of the molecule is O=C1CCN(c2ccc(-c3cc(Br)ccc3F)nn2)C1. The Kier molecular flexibility index (Phi) is 3.48. The third kappa shape index (κ3) is 2.56. The first-order valence-corrected chi connectivity index (χ1v) is 6.98. The minimum atomic E-state index is -0.341. The van der Waals surface area contributed by atoms with E-state index in [-0.39, 0.29) is 11.6 Å². The summed E-state index contributed by atoms with van der Waals surface area (Å²) in [6, 6.07) is 8.17. The zero-order valence-corrected chi connectivity index (χ0v) is 12.1. The highest BCUT2D eigenvalue weighted by atomic mass is 79.9. The summed E-state index contributed by atoms with van der Waals surface area (Å²) in [7, 11) is 0. The molecule has 2 heterocycles. The van der Waals surface area contributed by atoms with Gasteiger partial charge in [-0.1, -0.05) is 15.9 Å². The van der Waals surface area contributed by atoms with Gasteiger partial charge in [0.1, 0.15) is 5.82 Å². The predicted molar refractivity (Wildman–Crippen MR) is 77.0 cm³/mol. The molecular formula is C14H11BrFN3O. The molecule has 3 rings (SSSR count). The number of nitrogens with zero attached hydrogens (tertiary/aromatic N) is 3. The molecule has 0 aliphatic carbocycles. The van der Waals surface area contributed by atoms with Gasteiger partial charge in [0.15, 0.2) is 11.6 Å². The fourth-order valence-corrected chi connectivity index (χ4v) is 2.52. The van der Waals surface area contributed by atoms with Crippen molar-refractivity contribution in [3.8, 4) is 11.3 Å². The van der Waals surface area contributed by atoms with Crippen LogP contribution in [-0.4, -0.2) is 29.1 Å². The van der Waals surface area contributed by atoms with Crippen LogP contribution in [0.25, 0.3) is 11.3 Å². The van der Waals surface area contributed by atoms with Crippen molar-refractivity contribution in [1.82, 2.24) is 10.2 Å². The maximum atomic E-state index is 13.8. The molecule has 2 aromatic rings. The lowest BCUT2D eigenvalue weighted by atomic mass is 10.1. The third-order valence-corrected chi connectivity index (χ3v) is 3.70. The molecule has 1 aliphatic heterocycles. The Bertz CT molecular complexity index is 660. The molecule has 1 saturated heterocycles. The molecule has 0 unspecified atom stereocenters. The molecule has 1 aliphatic rings. The molecule has 0 radical (unpaired) electrons. The quantitative estimate of drug-likeness (QED) is 0.846. The van der Waals surface area contributed by atoms with Crippen molar-refractivity contribution in [2.24, 2.45) is 0 Å². The summed E-state index contributed by atoms with van der Waals surface area (Å²) < 4.78 is 14.5. The lowest BCUT2D eigenvalue weighted by molar-refractivity contribution is -0.116. The van der Waals surface area contributed by atoms with Crippen LogP contribution in [0.2, 0.25) is 0 Å². The van der Waals surface area contributed by atoms with Crippen LogP contribution in [0, 0.1) is 5.82 Å². The van der Waals surface area contributed by atoms with E-state index in [0.717, 1.165) is 4.47 Å². The van der Waals surface area contributed by atoms with Gasteiger partial charge in [-0.3, -0.25) is 4.79 Å². The summed E-state index contributed by atoms with van der Waals surface area (Å²) in [5.74, 6) is 0.510. The van der Waals surface area contributed by atoms with Gasteiger partial charge in [0.2, 0.25) is 0 Å². The van der Waals surface area contributed by atoms with Crippen molar-refractivity contribution in [1.29, 1.82) is 0 Å². The van der Waals surface area contributed by atoms with E-state index in [0.29, 0.717) is 36.6 Å². The van der Waals surface area contributed by atoms with Gasteiger partial charge in [0, 0.05) is 23.0 Å². The number of Topliss-reactive ketones (excluding diaryl/α,β-unsaturated/α-hetero) is 1. The molecule has 0 bridgehead atoms. The number of carbonyl (C=O) groups excluding carboxylic acids is 1. The first kappa shape index (κ1) is 13.2. The molecule has 102 valence electrons. The molecule has 4 nitrogen and oxygen atoms in total. The molecule has 6 heteroatoms. The van der Waals surface area contributed by atoms with Crippen LogP contribution < -0.4 is 4.90 Å². The van der Waals surface area contributed by atoms with E-state index in [9.17, 15) is 9.18 Å². The lowest BCUT2D eigenvalue weighted by Gasteiger charge is -2.14. The Morgan fingerprint density at radius 1 is 1.20 bits per heavy atom. The van der Waals surface area contributed by atoms with Gasteiger partial charge in [0.25, 0.3) is 0 Å². The minimum Gasteiger partial charge on any atom is -0.347 e. The average molecular weight is 336 g/mol. The van der Waals surface area contributed by atoms with Crippen molar-refractivity contribution in [3.63, 3.8) is 0 Å². The normalized spacial score (nSPS) is 14.9. The number of anilines is 1. The number of hydrogen-bond acceptors (Lipinski definition) is 4. The Balaban J connectivity index is 1.89. The van der Waals surface area contributed by atoms with Crippen LogP contribution in [-0.2, 0) is 4.79 Å². The van der Waals surface area contributed by atoms with Crippen LogP contribution >= 0.6 is 15.9 Å². The minimum absolute atomic E-state index is 0.203. The number of carbonyl (C=O) groups is 1. The third-order valence-electron chi connectivity index (χ3n) is 3.21. The molecule has 0 saturated carbocycles. The van der Waals surface area contributed by atoms with Crippen molar-refractivity contribution in [2.45, 2.75) is 6.42 Å². The van der Waals surface area contributed by atoms with Gasteiger partial charge in [-0.15, -0.1) is 10.2 Å². The second kappa shape index (κ2) is 5.28. The predicted octanol–water partition coefficient (Wildman–Crippen LogP) is 2.82. The van der Waals surface area contributed by atoms with Crippen LogP contribution in [0.3, 0.4) is 0 Å². The maximum absolute atomic E-state index is 13.8. The van der Waals surface area contributed by atoms with Gasteiger partial charge in [-0.25, -0.2) is 4.39 Å². The largest absolute Gasteiger partial charge is 0.347 e. The number of aromatic nitrogens is 2. The fourth-order valence-electron chi connectivity index (χ4n) is 2.16. The number of ketones is 1. The van der Waals surface area contributed by atoms with Crippen molar-refractivity contribution >= 4 is 27.5 Å². The van der Waals surface area contributed by atoms with Crippen LogP contribution in [0.4, 0.5) is 10.2 Å². The smallest absolute Gasteiger partial charge is 0.153 e. The fraction of sp³-hybridized carbons (Fsp3) is 0.214. The number of rotatable bonds is 2. The summed E-state index contributed by atoms with van der Waals surface area (Å²) in [6.07, 6.45) is 0.545. The molecule has 20 heavy (non-hydrogen) atoms. The van der Waals surface area contributed by atoms with Gasteiger partial charge in [0.05, 0.1) is 12.2 Å². The Morgan fingerprint density at radius 2 is 2.05 bits per heavy atom. The first-order chi connectivity index (χ1) is 9.63. The summed E-state index contributed by atoms with van der Waals surface area (Å²) in [5, 5.41) is 8.14. The Labute approximate surface area is 123 Å². The summed E-state index contributed by atoms with van der Waals surface area (Å²) in [4.78, 5) is 13.1. The number of benzene rings is 1. The highest BCUT2D eigenvalue weighted by Crippen LogP contribution is 2.25. The van der Waals surface area contributed by atoms with Gasteiger partial charge in [-0.2, -0.15) is 0 Å². The number of hydrogen-bond donors (Lipinski definition) is 0. The van der Waals surface area contributed by atoms with Crippen molar-refractivity contribution in [2.75, 3.05) is 18.0 Å². The van der Waals surface area contributed by atoms with E-state index in [2.05, 4.69) is 26.1 Å². The topological polar surface area (TPSA) is 46.1 Å². The van der Waals surface area contributed by atoms with Gasteiger partial charge >= 0.3 is 0 Å². The first-order valence-electron chi connectivity index (χ1n) is 6.19. The van der Waals surface area contributed by atoms with E-state index in [1.54, 1.807) is 24.3 Å². The monoisotopic (exact) mass is 335 g/mol. The molecule has 1 aromatic carbocycles. The molecule has 0 amide bonds. The van der Waals surface area contributed by atoms with E-state index < -0.39 is 0 Å². The average Bonchev–Trinajstić information content (AvgIpc) is 2.88. The van der Waals surface area contributed by atoms with Crippen LogP contribution in [0.5, 0.6) is 0 Å². The summed E-state index contributed by atoms with van der Waals surface area (Å²) in [5.41, 5.74) is 0.869. The number of halogens is 2. The Hall–Kier alpha value is -1.82. The van der Waals surface area contributed by atoms with Crippen LogP contribution in [0.1, 0.15) is 6.42 Å². The summed E-state index contributed by atoms with van der Waals surface area (Å²) >= 11 is 3.31. The summed E-state index contributed by atoms with van der Waals surface area (Å²) in [6.45, 7) is 1.04. The van der Waals surface area contributed by atoms with Gasteiger partial charge in [-0.05, 0) is 30.3 Å². The highest BCUT2D eigenvalue weighted by molar-refractivity contribution is 9.10. The van der Waals surface area contributed by atoms with Crippen molar-refractivity contribution < 1.29 is 9.18 Å². The zero-order valence-electron chi connectivity index (χ0n) is 10.5. The molecule has 1 aromatic heterocycles. The second-order valence-corrected chi connectivity index (χ2v) is 5.53.